The molecule has 3 nitrogen and oxygen atoms in total. The SMILES string of the molecule is c1ccc(Cn2c(-c3ccccn3)cc(-c3ccccc3)c2-c2ccccn2)cc1. The minimum Gasteiger partial charge on any atom is -0.333 e. The van der Waals surface area contributed by atoms with Gasteiger partial charge in [0, 0.05) is 24.5 Å². The van der Waals surface area contributed by atoms with Gasteiger partial charge in [0.2, 0.25) is 0 Å². The second-order valence-corrected chi connectivity index (χ2v) is 7.16. The number of benzene rings is 2. The van der Waals surface area contributed by atoms with E-state index in [-0.39, 0.29) is 0 Å². The number of hydrogen-bond donors (Lipinski definition) is 0. The molecule has 0 N–H and O–H groups in total. The topological polar surface area (TPSA) is 30.7 Å². The summed E-state index contributed by atoms with van der Waals surface area (Å²) in [7, 11) is 0. The normalized spacial score (nSPS) is 10.8. The zero-order chi connectivity index (χ0) is 20.2. The van der Waals surface area contributed by atoms with E-state index in [2.05, 4.69) is 76.3 Å². The third-order valence-electron chi connectivity index (χ3n) is 5.20. The van der Waals surface area contributed by atoms with Gasteiger partial charge in [-0.2, -0.15) is 0 Å². The van der Waals surface area contributed by atoms with Crippen LogP contribution in [0.2, 0.25) is 0 Å². The van der Waals surface area contributed by atoms with Gasteiger partial charge in [-0.05, 0) is 41.5 Å². The average molecular weight is 387 g/mol. The molecule has 144 valence electrons. The summed E-state index contributed by atoms with van der Waals surface area (Å²) in [6.45, 7) is 0.742. The number of aromatic nitrogens is 3. The van der Waals surface area contributed by atoms with Crippen LogP contribution in [0.25, 0.3) is 33.9 Å². The Labute approximate surface area is 176 Å². The van der Waals surface area contributed by atoms with Crippen molar-refractivity contribution in [3.63, 3.8) is 0 Å². The maximum Gasteiger partial charge on any atom is 0.0873 e. The van der Waals surface area contributed by atoms with Gasteiger partial charge in [0.1, 0.15) is 0 Å². The molecule has 3 heteroatoms. The molecule has 3 aromatic heterocycles. The van der Waals surface area contributed by atoms with E-state index in [1.807, 2.05) is 48.8 Å². The molecule has 0 spiro atoms. The second kappa shape index (κ2) is 8.18. The molecule has 30 heavy (non-hydrogen) atoms. The first-order chi connectivity index (χ1) is 14.9. The first-order valence-electron chi connectivity index (χ1n) is 10.1. The summed E-state index contributed by atoms with van der Waals surface area (Å²) < 4.78 is 2.34. The van der Waals surface area contributed by atoms with Crippen LogP contribution in [0.15, 0.2) is 116 Å². The lowest BCUT2D eigenvalue weighted by Gasteiger charge is -2.14. The van der Waals surface area contributed by atoms with Crippen molar-refractivity contribution in [2.75, 3.05) is 0 Å². The van der Waals surface area contributed by atoms with E-state index in [4.69, 9.17) is 4.98 Å². The molecule has 0 aliphatic rings. The van der Waals surface area contributed by atoms with Crippen LogP contribution >= 0.6 is 0 Å². The van der Waals surface area contributed by atoms with Gasteiger partial charge in [0.15, 0.2) is 0 Å². The van der Waals surface area contributed by atoms with Crippen LogP contribution < -0.4 is 0 Å². The van der Waals surface area contributed by atoms with Crippen LogP contribution in [0.5, 0.6) is 0 Å². The summed E-state index contributed by atoms with van der Waals surface area (Å²) in [4.78, 5) is 9.35. The fourth-order valence-corrected chi connectivity index (χ4v) is 3.82. The highest BCUT2D eigenvalue weighted by atomic mass is 15.0. The molecule has 0 aliphatic carbocycles. The quantitative estimate of drug-likeness (QED) is 0.353. The highest BCUT2D eigenvalue weighted by molar-refractivity contribution is 5.85. The smallest absolute Gasteiger partial charge is 0.0873 e. The minimum atomic E-state index is 0.742. The Hall–Kier alpha value is -3.98. The van der Waals surface area contributed by atoms with Crippen LogP contribution in [0, 0.1) is 0 Å². The predicted molar refractivity (Wildman–Crippen MR) is 122 cm³/mol. The zero-order valence-corrected chi connectivity index (χ0v) is 16.5. The van der Waals surface area contributed by atoms with E-state index in [0.717, 1.165) is 34.9 Å². The summed E-state index contributed by atoms with van der Waals surface area (Å²) in [5.74, 6) is 0. The van der Waals surface area contributed by atoms with Crippen LogP contribution in [0.4, 0.5) is 0 Å². The lowest BCUT2D eigenvalue weighted by Crippen LogP contribution is -2.05. The van der Waals surface area contributed by atoms with Gasteiger partial charge in [0.25, 0.3) is 0 Å². The van der Waals surface area contributed by atoms with Crippen molar-refractivity contribution in [1.29, 1.82) is 0 Å². The maximum atomic E-state index is 4.70. The molecule has 0 aliphatic heterocycles. The van der Waals surface area contributed by atoms with Gasteiger partial charge in [-0.3, -0.25) is 9.97 Å². The molecule has 0 saturated carbocycles. The largest absolute Gasteiger partial charge is 0.333 e. The molecule has 3 heterocycles. The lowest BCUT2D eigenvalue weighted by molar-refractivity contribution is 0.817. The molecule has 5 rings (SSSR count). The van der Waals surface area contributed by atoms with Gasteiger partial charge >= 0.3 is 0 Å². The van der Waals surface area contributed by atoms with Gasteiger partial charge in [-0.1, -0.05) is 72.8 Å². The molecule has 5 aromatic rings. The van der Waals surface area contributed by atoms with E-state index in [0.29, 0.717) is 0 Å². The Morgan fingerprint density at radius 3 is 1.83 bits per heavy atom. The summed E-state index contributed by atoms with van der Waals surface area (Å²) >= 11 is 0. The summed E-state index contributed by atoms with van der Waals surface area (Å²) in [6.07, 6.45) is 3.70. The standard InChI is InChI=1S/C27H21N3/c1-3-11-21(12-4-1)20-30-26(24-15-7-9-17-28-24)19-23(22-13-5-2-6-14-22)27(30)25-16-8-10-18-29-25/h1-19H,20H2. The first kappa shape index (κ1) is 18.1. The van der Waals surface area contributed by atoms with E-state index in [9.17, 15) is 0 Å². The Bertz CT molecular complexity index is 1230. The third-order valence-corrected chi connectivity index (χ3v) is 5.20. The predicted octanol–water partition coefficient (Wildman–Crippen LogP) is 6.33. The Morgan fingerprint density at radius 2 is 1.20 bits per heavy atom. The molecule has 0 bridgehead atoms. The Balaban J connectivity index is 1.80. The number of pyridine rings is 2. The Morgan fingerprint density at radius 1 is 0.600 bits per heavy atom. The van der Waals surface area contributed by atoms with Crippen LogP contribution in [0.1, 0.15) is 5.56 Å². The lowest BCUT2D eigenvalue weighted by atomic mass is 10.0. The molecule has 0 saturated heterocycles. The summed E-state index contributed by atoms with van der Waals surface area (Å²) in [6, 6.07) is 35.4. The fourth-order valence-electron chi connectivity index (χ4n) is 3.82. The highest BCUT2D eigenvalue weighted by Crippen LogP contribution is 2.38. The average Bonchev–Trinajstić information content (AvgIpc) is 3.20. The van der Waals surface area contributed by atoms with E-state index >= 15 is 0 Å². The maximum absolute atomic E-state index is 4.70. The monoisotopic (exact) mass is 387 g/mol. The van der Waals surface area contributed by atoms with Gasteiger partial charge in [0.05, 0.1) is 22.8 Å². The molecule has 0 amide bonds. The molecule has 0 fully saturated rings. The van der Waals surface area contributed by atoms with Crippen LogP contribution in [-0.2, 0) is 6.54 Å². The second-order valence-electron chi connectivity index (χ2n) is 7.16. The number of rotatable bonds is 5. The van der Waals surface area contributed by atoms with Crippen molar-refractivity contribution in [1.82, 2.24) is 14.5 Å². The molecule has 2 aromatic carbocycles. The molecule has 0 unspecified atom stereocenters. The van der Waals surface area contributed by atoms with Gasteiger partial charge in [-0.25, -0.2) is 0 Å². The van der Waals surface area contributed by atoms with Crippen molar-refractivity contribution in [3.05, 3.63) is 121 Å². The van der Waals surface area contributed by atoms with Crippen molar-refractivity contribution in [2.24, 2.45) is 0 Å². The highest BCUT2D eigenvalue weighted by Gasteiger charge is 2.20. The van der Waals surface area contributed by atoms with Crippen LogP contribution in [-0.4, -0.2) is 14.5 Å². The van der Waals surface area contributed by atoms with Gasteiger partial charge < -0.3 is 4.57 Å². The van der Waals surface area contributed by atoms with E-state index in [1.165, 1.54) is 11.1 Å². The number of nitrogens with zero attached hydrogens (tertiary/aromatic N) is 3. The van der Waals surface area contributed by atoms with Crippen molar-refractivity contribution < 1.29 is 0 Å². The van der Waals surface area contributed by atoms with E-state index in [1.54, 1.807) is 0 Å². The Kier molecular flexibility index (Phi) is 4.93. The molecular weight excluding hydrogens is 366 g/mol. The summed E-state index contributed by atoms with van der Waals surface area (Å²) in [5.41, 5.74) is 7.66. The molecule has 0 atom stereocenters. The van der Waals surface area contributed by atoms with Crippen LogP contribution in [0.3, 0.4) is 0 Å². The van der Waals surface area contributed by atoms with Gasteiger partial charge in [-0.15, -0.1) is 0 Å². The first-order valence-corrected chi connectivity index (χ1v) is 10.1. The number of hydrogen-bond acceptors (Lipinski definition) is 2. The molecular formula is C27H21N3. The van der Waals surface area contributed by atoms with E-state index < -0.39 is 0 Å². The minimum absolute atomic E-state index is 0.742. The van der Waals surface area contributed by atoms with Crippen molar-refractivity contribution in [3.8, 4) is 33.9 Å². The van der Waals surface area contributed by atoms with Crippen molar-refractivity contribution in [2.45, 2.75) is 6.54 Å². The molecule has 0 radical (unpaired) electrons. The zero-order valence-electron chi connectivity index (χ0n) is 16.5. The third kappa shape index (κ3) is 3.53. The fraction of sp³-hybridized carbons (Fsp3) is 0.0370. The van der Waals surface area contributed by atoms with Crippen molar-refractivity contribution >= 4 is 0 Å². The summed E-state index contributed by atoms with van der Waals surface area (Å²) in [5, 5.41) is 0.